The minimum Gasteiger partial charge on any atom is -0.316 e. The molecule has 0 saturated heterocycles. The van der Waals surface area contributed by atoms with Crippen molar-refractivity contribution in [3.05, 3.63) is 0 Å². The maximum atomic E-state index is 3.58. The summed E-state index contributed by atoms with van der Waals surface area (Å²) in [5.74, 6) is 3.24. The molecule has 88 valence electrons. The van der Waals surface area contributed by atoms with Crippen LogP contribution in [0.2, 0.25) is 0 Å². The van der Waals surface area contributed by atoms with Gasteiger partial charge in [0.25, 0.3) is 0 Å². The van der Waals surface area contributed by atoms with E-state index < -0.39 is 0 Å². The van der Waals surface area contributed by atoms with Crippen LogP contribution in [-0.2, 0) is 0 Å². The Morgan fingerprint density at radius 2 is 1.80 bits per heavy atom. The molecule has 0 aromatic carbocycles. The highest BCUT2D eigenvalue weighted by Gasteiger charge is 2.41. The third kappa shape index (κ3) is 3.48. The molecule has 2 unspecified atom stereocenters. The molecule has 2 aliphatic carbocycles. The highest BCUT2D eigenvalue weighted by atomic mass is 14.9. The summed E-state index contributed by atoms with van der Waals surface area (Å²) in [6.45, 7) is 4.77. The summed E-state index contributed by atoms with van der Waals surface area (Å²) in [5.41, 5.74) is 0. The van der Waals surface area contributed by atoms with Gasteiger partial charge in [0.15, 0.2) is 0 Å². The van der Waals surface area contributed by atoms with Gasteiger partial charge in [-0.1, -0.05) is 45.4 Å². The summed E-state index contributed by atoms with van der Waals surface area (Å²) in [7, 11) is 0. The van der Waals surface area contributed by atoms with Crippen molar-refractivity contribution < 1.29 is 0 Å². The fraction of sp³-hybridized carbons (Fsp3) is 1.00. The Labute approximate surface area is 95.0 Å². The zero-order valence-corrected chi connectivity index (χ0v) is 10.3. The van der Waals surface area contributed by atoms with Gasteiger partial charge in [-0.15, -0.1) is 0 Å². The minimum absolute atomic E-state index is 1.04. The van der Waals surface area contributed by atoms with E-state index in [0.717, 1.165) is 17.8 Å². The first kappa shape index (κ1) is 11.4. The van der Waals surface area contributed by atoms with Crippen LogP contribution in [0.15, 0.2) is 0 Å². The molecular weight excluding hydrogens is 182 g/mol. The van der Waals surface area contributed by atoms with Crippen molar-refractivity contribution in [1.29, 1.82) is 0 Å². The molecule has 0 aliphatic heterocycles. The van der Waals surface area contributed by atoms with Crippen molar-refractivity contribution >= 4 is 0 Å². The lowest BCUT2D eigenvalue weighted by molar-refractivity contribution is 0.381. The van der Waals surface area contributed by atoms with E-state index in [4.69, 9.17) is 0 Å². The maximum Gasteiger partial charge on any atom is -0.00177 e. The Bertz CT molecular complexity index is 170. The van der Waals surface area contributed by atoms with Gasteiger partial charge in [0.05, 0.1) is 0 Å². The lowest BCUT2D eigenvalue weighted by atomic mass is 9.94. The van der Waals surface area contributed by atoms with Gasteiger partial charge in [-0.05, 0) is 43.7 Å². The highest BCUT2D eigenvalue weighted by molar-refractivity contribution is 4.92. The van der Waals surface area contributed by atoms with Crippen molar-refractivity contribution in [2.24, 2.45) is 17.8 Å². The van der Waals surface area contributed by atoms with Gasteiger partial charge in [-0.25, -0.2) is 0 Å². The van der Waals surface area contributed by atoms with E-state index in [0.29, 0.717) is 0 Å². The minimum atomic E-state index is 1.04. The Kier molecular flexibility index (Phi) is 4.49. The summed E-state index contributed by atoms with van der Waals surface area (Å²) in [6.07, 6.45) is 11.9. The van der Waals surface area contributed by atoms with Crippen LogP contribution in [0.1, 0.15) is 58.3 Å². The van der Waals surface area contributed by atoms with Crippen molar-refractivity contribution in [3.63, 3.8) is 0 Å². The van der Waals surface area contributed by atoms with Gasteiger partial charge < -0.3 is 5.32 Å². The largest absolute Gasteiger partial charge is 0.316 e. The van der Waals surface area contributed by atoms with E-state index >= 15 is 0 Å². The zero-order valence-electron chi connectivity index (χ0n) is 10.3. The Morgan fingerprint density at radius 3 is 2.47 bits per heavy atom. The van der Waals surface area contributed by atoms with Crippen LogP contribution < -0.4 is 5.32 Å². The van der Waals surface area contributed by atoms with Crippen molar-refractivity contribution in [3.8, 4) is 0 Å². The lowest BCUT2D eigenvalue weighted by Crippen LogP contribution is -2.19. The number of hydrogen-bond acceptors (Lipinski definition) is 1. The molecule has 0 bridgehead atoms. The molecule has 0 aromatic heterocycles. The summed E-state index contributed by atoms with van der Waals surface area (Å²) < 4.78 is 0. The van der Waals surface area contributed by atoms with E-state index in [-0.39, 0.29) is 0 Å². The molecule has 2 rings (SSSR count). The van der Waals surface area contributed by atoms with Gasteiger partial charge in [0.1, 0.15) is 0 Å². The normalized spacial score (nSPS) is 32.6. The fourth-order valence-corrected chi connectivity index (χ4v) is 3.29. The average molecular weight is 209 g/mol. The van der Waals surface area contributed by atoms with Crippen LogP contribution in [0.25, 0.3) is 0 Å². The number of nitrogens with one attached hydrogen (secondary N) is 1. The van der Waals surface area contributed by atoms with Crippen LogP contribution >= 0.6 is 0 Å². The van der Waals surface area contributed by atoms with Crippen LogP contribution in [0.5, 0.6) is 0 Å². The number of rotatable bonds is 5. The first-order chi connectivity index (χ1) is 7.42. The van der Waals surface area contributed by atoms with Gasteiger partial charge in [-0.3, -0.25) is 0 Å². The van der Waals surface area contributed by atoms with E-state index in [2.05, 4.69) is 12.2 Å². The van der Waals surface area contributed by atoms with Gasteiger partial charge in [-0.2, -0.15) is 0 Å². The molecular formula is C14H27N. The molecule has 2 aliphatic rings. The van der Waals surface area contributed by atoms with Crippen LogP contribution in [0.3, 0.4) is 0 Å². The van der Waals surface area contributed by atoms with E-state index in [1.165, 1.54) is 64.5 Å². The molecule has 0 amide bonds. The molecule has 0 heterocycles. The second-order valence-corrected chi connectivity index (χ2v) is 5.62. The standard InChI is InChI=1S/C14H27N/c1-2-9-15-11-13-10-14(13)12-7-5-3-4-6-8-12/h12-15H,2-11H2,1H3. The third-order valence-corrected chi connectivity index (χ3v) is 4.32. The summed E-state index contributed by atoms with van der Waals surface area (Å²) in [5, 5.41) is 3.58. The first-order valence-electron chi connectivity index (χ1n) is 7.12. The molecule has 0 spiro atoms. The smallest absolute Gasteiger partial charge is 0.00177 e. The van der Waals surface area contributed by atoms with Gasteiger partial charge in [0, 0.05) is 0 Å². The topological polar surface area (TPSA) is 12.0 Å². The average Bonchev–Trinajstić information content (AvgIpc) is 3.00. The zero-order chi connectivity index (χ0) is 10.5. The van der Waals surface area contributed by atoms with Crippen LogP contribution in [-0.4, -0.2) is 13.1 Å². The molecule has 1 nitrogen and oxygen atoms in total. The van der Waals surface area contributed by atoms with Crippen LogP contribution in [0.4, 0.5) is 0 Å². The predicted molar refractivity (Wildman–Crippen MR) is 65.9 cm³/mol. The lowest BCUT2D eigenvalue weighted by Gasteiger charge is -2.13. The molecule has 2 saturated carbocycles. The molecule has 0 aromatic rings. The summed E-state index contributed by atoms with van der Waals surface area (Å²) >= 11 is 0. The summed E-state index contributed by atoms with van der Waals surface area (Å²) in [6, 6.07) is 0. The van der Waals surface area contributed by atoms with E-state index in [1.54, 1.807) is 0 Å². The molecule has 1 heteroatoms. The molecule has 1 N–H and O–H groups in total. The molecule has 0 radical (unpaired) electrons. The Balaban J connectivity index is 1.63. The maximum absolute atomic E-state index is 3.58. The quantitative estimate of drug-likeness (QED) is 0.539. The SMILES string of the molecule is CCCNCC1CC1C1CCCCCC1. The van der Waals surface area contributed by atoms with Crippen molar-refractivity contribution in [1.82, 2.24) is 5.32 Å². The molecule has 2 fully saturated rings. The molecule has 15 heavy (non-hydrogen) atoms. The second kappa shape index (κ2) is 5.89. The molecule has 2 atom stereocenters. The Morgan fingerprint density at radius 1 is 1.07 bits per heavy atom. The summed E-state index contributed by atoms with van der Waals surface area (Å²) in [4.78, 5) is 0. The van der Waals surface area contributed by atoms with Gasteiger partial charge in [0.2, 0.25) is 0 Å². The van der Waals surface area contributed by atoms with E-state index in [1.807, 2.05) is 0 Å². The monoisotopic (exact) mass is 209 g/mol. The van der Waals surface area contributed by atoms with Crippen molar-refractivity contribution in [2.75, 3.05) is 13.1 Å². The van der Waals surface area contributed by atoms with Crippen molar-refractivity contribution in [2.45, 2.75) is 58.3 Å². The number of hydrogen-bond donors (Lipinski definition) is 1. The first-order valence-corrected chi connectivity index (χ1v) is 7.12. The third-order valence-electron chi connectivity index (χ3n) is 4.32. The van der Waals surface area contributed by atoms with Crippen LogP contribution in [0, 0.1) is 17.8 Å². The fourth-order valence-electron chi connectivity index (χ4n) is 3.29. The highest BCUT2D eigenvalue weighted by Crippen LogP contribution is 2.48. The second-order valence-electron chi connectivity index (χ2n) is 5.62. The van der Waals surface area contributed by atoms with Gasteiger partial charge >= 0.3 is 0 Å². The predicted octanol–water partition coefficient (Wildman–Crippen LogP) is 3.59. The Hall–Kier alpha value is -0.0400. The van der Waals surface area contributed by atoms with E-state index in [9.17, 15) is 0 Å².